The Morgan fingerprint density at radius 1 is 1.29 bits per heavy atom. The minimum Gasteiger partial charge on any atom is -0.460 e. The van der Waals surface area contributed by atoms with Gasteiger partial charge in [-0.3, -0.25) is 4.79 Å². The van der Waals surface area contributed by atoms with Crippen LogP contribution in [0.3, 0.4) is 0 Å². The van der Waals surface area contributed by atoms with E-state index in [4.69, 9.17) is 9.47 Å². The van der Waals surface area contributed by atoms with Crippen LogP contribution in [0.1, 0.15) is 51.5 Å². The minimum absolute atomic E-state index is 0.0102. The van der Waals surface area contributed by atoms with Crippen molar-refractivity contribution < 1.29 is 23.5 Å². The molecule has 28 heavy (non-hydrogen) atoms. The average Bonchev–Trinajstić information content (AvgIpc) is 2.64. The Hall–Kier alpha value is -2.47. The van der Waals surface area contributed by atoms with Crippen LogP contribution in [0.25, 0.3) is 0 Å². The average molecular weight is 387 g/mol. The van der Waals surface area contributed by atoms with Crippen LogP contribution in [-0.4, -0.2) is 31.1 Å². The summed E-state index contributed by atoms with van der Waals surface area (Å²) in [6, 6.07) is 6.06. The topological polar surface area (TPSA) is 64.6 Å². The molecule has 0 bridgehead atoms. The first-order valence-electron chi connectivity index (χ1n) is 9.66. The third-order valence-corrected chi connectivity index (χ3v) is 4.95. The Morgan fingerprint density at radius 3 is 2.79 bits per heavy atom. The standard InChI is InChI=1S/C22H26FNO4/c1-13(2)27-10-11-28-22(26)19-14(3)24-17-8-5-9-18(25)21(17)20(19)15-6-4-7-16(23)12-15/h4,6-7,12-13,20,24H,5,8-11H2,1-3H3/t20-/m1/s1. The summed E-state index contributed by atoms with van der Waals surface area (Å²) in [6.45, 7) is 6.00. The molecule has 1 aromatic carbocycles. The van der Waals surface area contributed by atoms with Gasteiger partial charge in [0.15, 0.2) is 5.78 Å². The summed E-state index contributed by atoms with van der Waals surface area (Å²) in [5.41, 5.74) is 2.94. The van der Waals surface area contributed by atoms with E-state index >= 15 is 0 Å². The van der Waals surface area contributed by atoms with Crippen molar-refractivity contribution in [2.45, 2.75) is 52.1 Å². The van der Waals surface area contributed by atoms with E-state index in [-0.39, 0.29) is 18.5 Å². The van der Waals surface area contributed by atoms with Crippen molar-refractivity contribution in [2.24, 2.45) is 0 Å². The number of nitrogens with one attached hydrogen (secondary N) is 1. The monoisotopic (exact) mass is 387 g/mol. The van der Waals surface area contributed by atoms with E-state index in [1.54, 1.807) is 19.1 Å². The fraction of sp³-hybridized carbons (Fsp3) is 0.455. The van der Waals surface area contributed by atoms with E-state index in [0.29, 0.717) is 35.4 Å². The molecule has 5 nitrogen and oxygen atoms in total. The maximum absolute atomic E-state index is 13.9. The van der Waals surface area contributed by atoms with Crippen molar-refractivity contribution in [3.05, 3.63) is 58.2 Å². The quantitative estimate of drug-likeness (QED) is 0.595. The summed E-state index contributed by atoms with van der Waals surface area (Å²) in [5, 5.41) is 3.22. The second-order valence-electron chi connectivity index (χ2n) is 7.38. The number of carbonyl (C=O) groups is 2. The van der Waals surface area contributed by atoms with Gasteiger partial charge in [-0.15, -0.1) is 0 Å². The van der Waals surface area contributed by atoms with Gasteiger partial charge in [0.05, 0.1) is 18.3 Å². The highest BCUT2D eigenvalue weighted by Crippen LogP contribution is 2.42. The number of hydrogen-bond donors (Lipinski definition) is 1. The third kappa shape index (κ3) is 4.33. The molecule has 1 aromatic rings. The van der Waals surface area contributed by atoms with Gasteiger partial charge in [0.25, 0.3) is 0 Å². The molecule has 1 atom stereocenters. The van der Waals surface area contributed by atoms with Gasteiger partial charge in [0, 0.05) is 29.3 Å². The Kier molecular flexibility index (Phi) is 6.29. The van der Waals surface area contributed by atoms with Gasteiger partial charge in [-0.1, -0.05) is 12.1 Å². The molecule has 0 saturated heterocycles. The fourth-order valence-corrected chi connectivity index (χ4v) is 3.77. The first-order valence-corrected chi connectivity index (χ1v) is 9.66. The highest BCUT2D eigenvalue weighted by atomic mass is 19.1. The van der Waals surface area contributed by atoms with Gasteiger partial charge in [-0.05, 0) is 51.3 Å². The zero-order chi connectivity index (χ0) is 20.3. The molecule has 1 heterocycles. The molecule has 0 radical (unpaired) electrons. The molecule has 1 aliphatic heterocycles. The van der Waals surface area contributed by atoms with E-state index in [0.717, 1.165) is 18.5 Å². The van der Waals surface area contributed by atoms with E-state index < -0.39 is 17.7 Å². The van der Waals surface area contributed by atoms with E-state index in [9.17, 15) is 14.0 Å². The maximum atomic E-state index is 13.9. The van der Waals surface area contributed by atoms with Crippen LogP contribution in [0.2, 0.25) is 0 Å². The molecule has 0 spiro atoms. The molecule has 0 saturated carbocycles. The molecule has 3 rings (SSSR count). The Morgan fingerprint density at radius 2 is 2.07 bits per heavy atom. The number of rotatable bonds is 6. The van der Waals surface area contributed by atoms with E-state index in [2.05, 4.69) is 5.32 Å². The number of dihydropyridines is 1. The number of ketones is 1. The molecule has 0 amide bonds. The number of benzene rings is 1. The lowest BCUT2D eigenvalue weighted by molar-refractivity contribution is -0.141. The number of halogens is 1. The van der Waals surface area contributed by atoms with E-state index in [1.807, 2.05) is 13.8 Å². The molecule has 6 heteroatoms. The van der Waals surface area contributed by atoms with E-state index in [1.165, 1.54) is 12.1 Å². The van der Waals surface area contributed by atoms with Crippen LogP contribution in [-0.2, 0) is 19.1 Å². The van der Waals surface area contributed by atoms with Crippen molar-refractivity contribution in [1.29, 1.82) is 0 Å². The van der Waals surface area contributed by atoms with Crippen molar-refractivity contribution in [1.82, 2.24) is 5.32 Å². The molecule has 150 valence electrons. The number of esters is 1. The van der Waals surface area contributed by atoms with Crippen molar-refractivity contribution in [3.8, 4) is 0 Å². The lowest BCUT2D eigenvalue weighted by Crippen LogP contribution is -2.34. The smallest absolute Gasteiger partial charge is 0.336 e. The van der Waals surface area contributed by atoms with Crippen molar-refractivity contribution >= 4 is 11.8 Å². The minimum atomic E-state index is -0.627. The largest absolute Gasteiger partial charge is 0.460 e. The van der Waals surface area contributed by atoms with Gasteiger partial charge in [0.1, 0.15) is 12.4 Å². The third-order valence-electron chi connectivity index (χ3n) is 4.95. The molecular formula is C22H26FNO4. The molecule has 1 N–H and O–H groups in total. The van der Waals surface area contributed by atoms with Crippen LogP contribution in [0, 0.1) is 5.82 Å². The molecule has 2 aliphatic rings. The Balaban J connectivity index is 1.94. The fourth-order valence-electron chi connectivity index (χ4n) is 3.77. The first kappa shape index (κ1) is 20.3. The summed E-state index contributed by atoms with van der Waals surface area (Å²) in [7, 11) is 0. The summed E-state index contributed by atoms with van der Waals surface area (Å²) in [4.78, 5) is 25.6. The zero-order valence-electron chi connectivity index (χ0n) is 16.5. The summed E-state index contributed by atoms with van der Waals surface area (Å²) >= 11 is 0. The van der Waals surface area contributed by atoms with Crippen LogP contribution < -0.4 is 5.32 Å². The Labute approximate surface area is 164 Å². The lowest BCUT2D eigenvalue weighted by Gasteiger charge is -2.34. The predicted molar refractivity (Wildman–Crippen MR) is 103 cm³/mol. The lowest BCUT2D eigenvalue weighted by atomic mass is 9.75. The van der Waals surface area contributed by atoms with Crippen molar-refractivity contribution in [2.75, 3.05) is 13.2 Å². The number of Topliss-reactive ketones (excluding diaryl/α,β-unsaturated/α-hetero) is 1. The van der Waals surface area contributed by atoms with Gasteiger partial charge in [0.2, 0.25) is 0 Å². The number of carbonyl (C=O) groups excluding carboxylic acids is 2. The Bertz CT molecular complexity index is 841. The van der Waals surface area contributed by atoms with Crippen molar-refractivity contribution in [3.63, 3.8) is 0 Å². The zero-order valence-corrected chi connectivity index (χ0v) is 16.5. The normalized spacial score (nSPS) is 19.6. The van der Waals surface area contributed by atoms with Gasteiger partial charge >= 0.3 is 5.97 Å². The number of allylic oxidation sites excluding steroid dienone is 3. The summed E-state index contributed by atoms with van der Waals surface area (Å²) < 4.78 is 24.8. The highest BCUT2D eigenvalue weighted by molar-refractivity contribution is 6.03. The summed E-state index contributed by atoms with van der Waals surface area (Å²) in [6.07, 6.45) is 1.97. The SMILES string of the molecule is CC1=C(C(=O)OCCOC(C)C)[C@@H](c2cccc(F)c2)C2=C(CCCC2=O)N1. The second-order valence-corrected chi connectivity index (χ2v) is 7.38. The van der Waals surface area contributed by atoms with Gasteiger partial charge in [-0.2, -0.15) is 0 Å². The maximum Gasteiger partial charge on any atom is 0.336 e. The van der Waals surface area contributed by atoms with Crippen LogP contribution in [0.4, 0.5) is 4.39 Å². The molecule has 1 aliphatic carbocycles. The number of hydrogen-bond acceptors (Lipinski definition) is 5. The molecule has 0 unspecified atom stereocenters. The van der Waals surface area contributed by atoms with Crippen LogP contribution in [0.5, 0.6) is 0 Å². The molecular weight excluding hydrogens is 361 g/mol. The van der Waals surface area contributed by atoms with Crippen LogP contribution in [0.15, 0.2) is 46.8 Å². The van der Waals surface area contributed by atoms with Crippen LogP contribution >= 0.6 is 0 Å². The molecule has 0 fully saturated rings. The first-order chi connectivity index (χ1) is 13.4. The highest BCUT2D eigenvalue weighted by Gasteiger charge is 2.39. The number of ether oxygens (including phenoxy) is 2. The summed E-state index contributed by atoms with van der Waals surface area (Å²) in [5.74, 6) is -1.56. The predicted octanol–water partition coefficient (Wildman–Crippen LogP) is 3.76. The molecule has 0 aromatic heterocycles. The van der Waals surface area contributed by atoms with Gasteiger partial charge in [-0.25, -0.2) is 9.18 Å². The second kappa shape index (κ2) is 8.69. The van der Waals surface area contributed by atoms with Gasteiger partial charge < -0.3 is 14.8 Å².